The number of nitrogens with zero attached hydrogens (tertiary/aromatic N) is 2. The van der Waals surface area contributed by atoms with Crippen molar-refractivity contribution < 1.29 is 14.3 Å². The number of rotatable bonds is 3. The van der Waals surface area contributed by atoms with Gasteiger partial charge in [0.05, 0.1) is 11.6 Å². The first-order chi connectivity index (χ1) is 13.2. The molecule has 146 valence electrons. The van der Waals surface area contributed by atoms with Crippen LogP contribution in [0.25, 0.3) is 10.8 Å². The molecular formula is C20H21ClN4O3. The molecule has 0 aliphatic heterocycles. The normalized spacial score (nSPS) is 18.7. The zero-order chi connectivity index (χ0) is 20.5. The largest absolute Gasteiger partial charge is 0.444 e. The van der Waals surface area contributed by atoms with Gasteiger partial charge in [-0.05, 0) is 45.7 Å². The number of carbonyl (C=O) groups is 2. The average Bonchev–Trinajstić information content (AvgIpc) is 2.56. The van der Waals surface area contributed by atoms with Crippen molar-refractivity contribution in [2.24, 2.45) is 0 Å². The molecule has 1 heterocycles. The molecule has 2 N–H and O–H groups in total. The highest BCUT2D eigenvalue weighted by Crippen LogP contribution is 2.26. The van der Waals surface area contributed by atoms with Gasteiger partial charge in [-0.2, -0.15) is 5.26 Å². The number of ether oxygens (including phenoxy) is 1. The second-order valence-corrected chi connectivity index (χ2v) is 8.18. The van der Waals surface area contributed by atoms with E-state index >= 15 is 0 Å². The highest BCUT2D eigenvalue weighted by atomic mass is 35.5. The molecule has 1 aromatic carbocycles. The number of pyridine rings is 1. The van der Waals surface area contributed by atoms with Crippen molar-refractivity contribution in [2.75, 3.05) is 0 Å². The minimum atomic E-state index is -0.553. The Morgan fingerprint density at radius 1 is 1.21 bits per heavy atom. The van der Waals surface area contributed by atoms with Crippen molar-refractivity contribution in [3.8, 4) is 6.07 Å². The highest BCUT2D eigenvalue weighted by Gasteiger charge is 2.33. The van der Waals surface area contributed by atoms with E-state index in [1.165, 1.54) is 0 Å². The van der Waals surface area contributed by atoms with Crippen molar-refractivity contribution in [3.63, 3.8) is 0 Å². The first-order valence-electron chi connectivity index (χ1n) is 8.96. The first kappa shape index (κ1) is 19.9. The smallest absolute Gasteiger partial charge is 0.407 e. The fourth-order valence-corrected chi connectivity index (χ4v) is 3.29. The van der Waals surface area contributed by atoms with E-state index in [0.29, 0.717) is 29.2 Å². The van der Waals surface area contributed by atoms with E-state index in [1.807, 2.05) is 0 Å². The lowest BCUT2D eigenvalue weighted by Gasteiger charge is -2.36. The molecule has 1 fully saturated rings. The fraction of sp³-hybridized carbons (Fsp3) is 0.400. The zero-order valence-corrected chi connectivity index (χ0v) is 16.6. The molecule has 8 heteroatoms. The van der Waals surface area contributed by atoms with Crippen LogP contribution in [0.1, 0.15) is 49.7 Å². The Morgan fingerprint density at radius 2 is 1.89 bits per heavy atom. The summed E-state index contributed by atoms with van der Waals surface area (Å²) in [6.07, 6.45) is 0.744. The van der Waals surface area contributed by atoms with E-state index < -0.39 is 11.7 Å². The molecule has 0 bridgehead atoms. The molecule has 0 unspecified atom stereocenters. The Kier molecular flexibility index (Phi) is 5.43. The molecular weight excluding hydrogens is 380 g/mol. The van der Waals surface area contributed by atoms with E-state index in [1.54, 1.807) is 45.0 Å². The third-order valence-electron chi connectivity index (χ3n) is 4.37. The summed E-state index contributed by atoms with van der Waals surface area (Å²) in [6, 6.07) is 8.66. The van der Waals surface area contributed by atoms with Crippen LogP contribution in [0.5, 0.6) is 0 Å². The van der Waals surface area contributed by atoms with Crippen LogP contribution >= 0.6 is 11.6 Å². The Morgan fingerprint density at radius 3 is 2.54 bits per heavy atom. The Hall–Kier alpha value is -2.85. The average molecular weight is 401 g/mol. The van der Waals surface area contributed by atoms with Crippen molar-refractivity contribution in [2.45, 2.75) is 51.3 Å². The first-order valence-corrected chi connectivity index (χ1v) is 9.34. The lowest BCUT2D eigenvalue weighted by molar-refractivity contribution is 0.0465. The van der Waals surface area contributed by atoms with Crippen LogP contribution in [0.15, 0.2) is 24.3 Å². The number of benzene rings is 1. The maximum atomic E-state index is 12.7. The minimum Gasteiger partial charge on any atom is -0.444 e. The van der Waals surface area contributed by atoms with E-state index in [0.717, 1.165) is 0 Å². The van der Waals surface area contributed by atoms with Crippen molar-refractivity contribution >= 4 is 34.4 Å². The van der Waals surface area contributed by atoms with Gasteiger partial charge in [-0.3, -0.25) is 4.79 Å². The van der Waals surface area contributed by atoms with Crippen LogP contribution in [0.2, 0.25) is 5.15 Å². The molecule has 2 amide bonds. The molecule has 0 radical (unpaired) electrons. The quantitative estimate of drug-likeness (QED) is 0.766. The number of nitriles is 1. The summed E-state index contributed by atoms with van der Waals surface area (Å²) >= 11 is 6.05. The molecule has 3 rings (SSSR count). The lowest BCUT2D eigenvalue weighted by atomic mass is 9.86. The van der Waals surface area contributed by atoms with Gasteiger partial charge in [-0.15, -0.1) is 0 Å². The predicted molar refractivity (Wildman–Crippen MR) is 105 cm³/mol. The van der Waals surface area contributed by atoms with E-state index in [4.69, 9.17) is 16.3 Å². The van der Waals surface area contributed by atoms with E-state index in [-0.39, 0.29) is 28.8 Å². The van der Waals surface area contributed by atoms with Gasteiger partial charge in [0.25, 0.3) is 5.91 Å². The van der Waals surface area contributed by atoms with E-state index in [9.17, 15) is 14.9 Å². The van der Waals surface area contributed by atoms with Crippen LogP contribution in [-0.2, 0) is 4.74 Å². The van der Waals surface area contributed by atoms with Gasteiger partial charge in [0.1, 0.15) is 16.4 Å². The second-order valence-electron chi connectivity index (χ2n) is 7.79. The molecule has 7 nitrogen and oxygen atoms in total. The topological polar surface area (TPSA) is 104 Å². The zero-order valence-electron chi connectivity index (χ0n) is 15.9. The Balaban J connectivity index is 1.64. The van der Waals surface area contributed by atoms with Gasteiger partial charge in [0, 0.05) is 22.9 Å². The summed E-state index contributed by atoms with van der Waals surface area (Å²) in [5, 5.41) is 16.3. The van der Waals surface area contributed by atoms with Crippen LogP contribution < -0.4 is 10.6 Å². The van der Waals surface area contributed by atoms with Gasteiger partial charge in [0.2, 0.25) is 0 Å². The fourth-order valence-electron chi connectivity index (χ4n) is 3.10. The van der Waals surface area contributed by atoms with Gasteiger partial charge in [-0.1, -0.05) is 23.7 Å². The van der Waals surface area contributed by atoms with Crippen LogP contribution in [0.4, 0.5) is 4.79 Å². The molecule has 0 atom stereocenters. The summed E-state index contributed by atoms with van der Waals surface area (Å²) in [6.45, 7) is 5.41. The maximum Gasteiger partial charge on any atom is 0.407 e. The lowest BCUT2D eigenvalue weighted by Crippen LogP contribution is -2.54. The molecule has 2 aromatic rings. The second kappa shape index (κ2) is 7.64. The van der Waals surface area contributed by atoms with Crippen molar-refractivity contribution in [3.05, 3.63) is 40.7 Å². The predicted octanol–water partition coefficient (Wildman–Crippen LogP) is 3.55. The summed E-state index contributed by atoms with van der Waals surface area (Å²) in [5.41, 5.74) is 0.0625. The summed E-state index contributed by atoms with van der Waals surface area (Å²) in [4.78, 5) is 28.6. The standard InChI is InChI=1S/C20H21ClN4O3/c1-20(2,3)28-19(27)24-13-7-12(8-13)23-18(26)17-14-6-4-5-11(10-22)15(14)9-16(21)25-17/h4-6,9,12-13H,7-8H2,1-3H3,(H,23,26)(H,24,27)/t12-,13-. The van der Waals surface area contributed by atoms with Crippen molar-refractivity contribution in [1.29, 1.82) is 5.26 Å². The highest BCUT2D eigenvalue weighted by molar-refractivity contribution is 6.30. The number of carbonyl (C=O) groups excluding carboxylic acids is 2. The molecule has 0 spiro atoms. The monoisotopic (exact) mass is 400 g/mol. The summed E-state index contributed by atoms with van der Waals surface area (Å²) in [7, 11) is 0. The van der Waals surface area contributed by atoms with E-state index in [2.05, 4.69) is 21.7 Å². The molecule has 28 heavy (non-hydrogen) atoms. The Bertz CT molecular complexity index is 972. The third-order valence-corrected chi connectivity index (χ3v) is 4.57. The van der Waals surface area contributed by atoms with Crippen molar-refractivity contribution in [1.82, 2.24) is 15.6 Å². The summed E-state index contributed by atoms with van der Waals surface area (Å²) in [5.74, 6) is -0.358. The summed E-state index contributed by atoms with van der Waals surface area (Å²) < 4.78 is 5.22. The van der Waals surface area contributed by atoms with Gasteiger partial charge >= 0.3 is 6.09 Å². The SMILES string of the molecule is CC(C)(C)OC(=O)N[C@H]1C[C@H](NC(=O)c2nc(Cl)cc3c(C#N)cccc23)C1. The maximum absolute atomic E-state index is 12.7. The molecule has 1 aliphatic rings. The number of halogens is 1. The minimum absolute atomic E-state index is 0.0468. The molecule has 1 saturated carbocycles. The van der Waals surface area contributed by atoms with Gasteiger partial charge < -0.3 is 15.4 Å². The Labute approximate surface area is 168 Å². The van der Waals surface area contributed by atoms with Gasteiger partial charge in [0.15, 0.2) is 0 Å². The molecule has 1 aliphatic carbocycles. The third kappa shape index (κ3) is 4.52. The number of alkyl carbamates (subject to hydrolysis) is 1. The number of amides is 2. The number of fused-ring (bicyclic) bond motifs is 1. The van der Waals surface area contributed by atoms with Gasteiger partial charge in [-0.25, -0.2) is 9.78 Å². The number of hydrogen-bond donors (Lipinski definition) is 2. The molecule has 0 saturated heterocycles. The number of nitrogens with one attached hydrogen (secondary N) is 2. The number of hydrogen-bond acceptors (Lipinski definition) is 5. The van der Waals surface area contributed by atoms with Crippen LogP contribution in [-0.4, -0.2) is 34.7 Å². The van der Waals surface area contributed by atoms with Crippen LogP contribution in [0, 0.1) is 11.3 Å². The van der Waals surface area contributed by atoms with Crippen LogP contribution in [0.3, 0.4) is 0 Å². The molecule has 1 aromatic heterocycles. The number of aromatic nitrogens is 1.